The molecule has 0 bridgehead atoms. The molecule has 2 heterocycles. The van der Waals surface area contributed by atoms with Crippen LogP contribution in [0.2, 0.25) is 0 Å². The third kappa shape index (κ3) is 1.96. The van der Waals surface area contributed by atoms with Gasteiger partial charge >= 0.3 is 0 Å². The van der Waals surface area contributed by atoms with E-state index in [0.717, 1.165) is 25.8 Å². The number of fused-ring (bicyclic) bond motifs is 1. The summed E-state index contributed by atoms with van der Waals surface area (Å²) in [5.41, 5.74) is 1.06. The summed E-state index contributed by atoms with van der Waals surface area (Å²) in [4.78, 5) is 28.6. The van der Waals surface area contributed by atoms with Crippen LogP contribution in [0.25, 0.3) is 0 Å². The summed E-state index contributed by atoms with van der Waals surface area (Å²) < 4.78 is 0. The number of amides is 2. The first-order valence-electron chi connectivity index (χ1n) is 7.06. The number of carbonyl (C=O) groups is 2. The Morgan fingerprint density at radius 3 is 2.40 bits per heavy atom. The van der Waals surface area contributed by atoms with Gasteiger partial charge in [0.1, 0.15) is 0 Å². The summed E-state index contributed by atoms with van der Waals surface area (Å²) in [7, 11) is 0. The van der Waals surface area contributed by atoms with Crippen molar-refractivity contribution in [3.05, 3.63) is 48.0 Å². The summed E-state index contributed by atoms with van der Waals surface area (Å²) in [6.07, 6.45) is 4.70. The largest absolute Gasteiger partial charge is 0.279 e. The van der Waals surface area contributed by atoms with Crippen LogP contribution in [0.3, 0.4) is 0 Å². The number of hydrogen-bond acceptors (Lipinski definition) is 3. The molecule has 0 saturated carbocycles. The van der Waals surface area contributed by atoms with Crippen molar-refractivity contribution in [2.24, 2.45) is 0 Å². The first kappa shape index (κ1) is 13.1. The molecule has 2 aliphatic rings. The molecule has 4 nitrogen and oxygen atoms in total. The maximum atomic E-state index is 12.5. The van der Waals surface area contributed by atoms with Gasteiger partial charge in [-0.15, -0.1) is 6.58 Å². The van der Waals surface area contributed by atoms with Crippen molar-refractivity contribution in [2.75, 3.05) is 13.1 Å². The van der Waals surface area contributed by atoms with E-state index in [1.54, 1.807) is 24.3 Å². The molecular weight excluding hydrogens is 252 g/mol. The van der Waals surface area contributed by atoms with Gasteiger partial charge in [-0.05, 0) is 31.4 Å². The molecule has 2 amide bonds. The van der Waals surface area contributed by atoms with E-state index < -0.39 is 0 Å². The lowest BCUT2D eigenvalue weighted by molar-refractivity contribution is 0.0219. The molecule has 0 radical (unpaired) electrons. The van der Waals surface area contributed by atoms with Gasteiger partial charge in [-0.3, -0.25) is 19.4 Å². The van der Waals surface area contributed by atoms with E-state index in [9.17, 15) is 9.59 Å². The number of nitrogens with zero attached hydrogens (tertiary/aromatic N) is 2. The van der Waals surface area contributed by atoms with Crippen molar-refractivity contribution in [2.45, 2.75) is 25.4 Å². The van der Waals surface area contributed by atoms with E-state index in [-0.39, 0.29) is 18.0 Å². The Morgan fingerprint density at radius 1 is 1.15 bits per heavy atom. The quantitative estimate of drug-likeness (QED) is 0.625. The van der Waals surface area contributed by atoms with Crippen LogP contribution >= 0.6 is 0 Å². The number of piperidine rings is 1. The molecule has 4 heteroatoms. The van der Waals surface area contributed by atoms with Crippen LogP contribution in [-0.4, -0.2) is 40.9 Å². The Hall–Kier alpha value is -1.94. The predicted molar refractivity (Wildman–Crippen MR) is 76.4 cm³/mol. The van der Waals surface area contributed by atoms with Crippen molar-refractivity contribution in [3.63, 3.8) is 0 Å². The van der Waals surface area contributed by atoms with Crippen LogP contribution in [0, 0.1) is 0 Å². The summed E-state index contributed by atoms with van der Waals surface area (Å²) in [5, 5.41) is 0. The van der Waals surface area contributed by atoms with Crippen LogP contribution in [-0.2, 0) is 0 Å². The molecule has 0 spiro atoms. The molecule has 2 aliphatic heterocycles. The zero-order chi connectivity index (χ0) is 14.1. The number of imide groups is 1. The van der Waals surface area contributed by atoms with Gasteiger partial charge in [0.15, 0.2) is 0 Å². The molecule has 0 aliphatic carbocycles. The molecule has 3 rings (SSSR count). The van der Waals surface area contributed by atoms with Crippen LogP contribution in [0.4, 0.5) is 0 Å². The van der Waals surface area contributed by atoms with E-state index in [2.05, 4.69) is 11.5 Å². The van der Waals surface area contributed by atoms with Gasteiger partial charge in [-0.25, -0.2) is 0 Å². The monoisotopic (exact) mass is 270 g/mol. The Kier molecular flexibility index (Phi) is 3.40. The Labute approximate surface area is 118 Å². The van der Waals surface area contributed by atoms with Gasteiger partial charge < -0.3 is 0 Å². The Balaban J connectivity index is 1.93. The maximum absolute atomic E-state index is 12.5. The van der Waals surface area contributed by atoms with Crippen molar-refractivity contribution in [1.29, 1.82) is 0 Å². The van der Waals surface area contributed by atoms with Gasteiger partial charge in [0.05, 0.1) is 17.3 Å². The topological polar surface area (TPSA) is 40.6 Å². The highest BCUT2D eigenvalue weighted by atomic mass is 16.2. The normalized spacial score (nSPS) is 23.0. The van der Waals surface area contributed by atoms with Crippen LogP contribution in [0.15, 0.2) is 36.9 Å². The molecule has 0 aromatic heterocycles. The third-order valence-corrected chi connectivity index (χ3v) is 4.07. The Morgan fingerprint density at radius 2 is 1.80 bits per heavy atom. The highest BCUT2D eigenvalue weighted by Crippen LogP contribution is 2.29. The van der Waals surface area contributed by atoms with Gasteiger partial charge in [-0.1, -0.05) is 18.2 Å². The minimum Gasteiger partial charge on any atom is -0.279 e. The third-order valence-electron chi connectivity index (χ3n) is 4.07. The van der Waals surface area contributed by atoms with E-state index >= 15 is 0 Å². The summed E-state index contributed by atoms with van der Waals surface area (Å²) in [6, 6.07) is 7.07. The van der Waals surface area contributed by atoms with Crippen molar-refractivity contribution < 1.29 is 9.59 Å². The van der Waals surface area contributed by atoms with E-state index in [4.69, 9.17) is 0 Å². The molecule has 1 fully saturated rings. The number of likely N-dealkylation sites (tertiary alicyclic amines) is 1. The molecule has 1 atom stereocenters. The fraction of sp³-hybridized carbons (Fsp3) is 0.375. The fourth-order valence-corrected chi connectivity index (χ4v) is 3.12. The zero-order valence-corrected chi connectivity index (χ0v) is 11.4. The number of benzene rings is 1. The molecule has 1 aromatic rings. The minimum absolute atomic E-state index is 0.130. The molecule has 0 N–H and O–H groups in total. The van der Waals surface area contributed by atoms with Gasteiger partial charge in [0, 0.05) is 13.1 Å². The average molecular weight is 270 g/mol. The number of carbonyl (C=O) groups excluding carboxylic acids is 2. The van der Waals surface area contributed by atoms with E-state index in [1.807, 2.05) is 6.08 Å². The van der Waals surface area contributed by atoms with Crippen LogP contribution in [0.5, 0.6) is 0 Å². The average Bonchev–Trinajstić information content (AvgIpc) is 2.73. The highest BCUT2D eigenvalue weighted by molar-refractivity contribution is 6.21. The molecular formula is C16H18N2O2. The molecule has 104 valence electrons. The second-order valence-corrected chi connectivity index (χ2v) is 5.29. The second kappa shape index (κ2) is 5.21. The minimum atomic E-state index is -0.161. The molecule has 1 aromatic carbocycles. The van der Waals surface area contributed by atoms with Gasteiger partial charge in [-0.2, -0.15) is 0 Å². The van der Waals surface area contributed by atoms with Crippen LogP contribution in [0.1, 0.15) is 40.0 Å². The highest BCUT2D eigenvalue weighted by Gasteiger charge is 2.42. The second-order valence-electron chi connectivity index (χ2n) is 5.29. The fourth-order valence-electron chi connectivity index (χ4n) is 3.12. The first-order valence-corrected chi connectivity index (χ1v) is 7.06. The zero-order valence-electron chi connectivity index (χ0n) is 11.4. The molecule has 1 saturated heterocycles. The van der Waals surface area contributed by atoms with Crippen LogP contribution < -0.4 is 0 Å². The lowest BCUT2D eigenvalue weighted by atomic mass is 10.1. The molecule has 1 unspecified atom stereocenters. The maximum Gasteiger partial charge on any atom is 0.262 e. The smallest absolute Gasteiger partial charge is 0.262 e. The van der Waals surface area contributed by atoms with Gasteiger partial charge in [0.25, 0.3) is 11.8 Å². The number of hydrogen-bond donors (Lipinski definition) is 0. The van der Waals surface area contributed by atoms with E-state index in [1.165, 1.54) is 4.90 Å². The van der Waals surface area contributed by atoms with Crippen molar-refractivity contribution >= 4 is 11.8 Å². The van der Waals surface area contributed by atoms with Gasteiger partial charge in [0.2, 0.25) is 0 Å². The lowest BCUT2D eigenvalue weighted by Crippen LogP contribution is -2.53. The molecule has 20 heavy (non-hydrogen) atoms. The predicted octanol–water partition coefficient (Wildman–Crippen LogP) is 2.28. The van der Waals surface area contributed by atoms with Crippen molar-refractivity contribution in [3.8, 4) is 0 Å². The summed E-state index contributed by atoms with van der Waals surface area (Å²) in [6.45, 7) is 5.38. The van der Waals surface area contributed by atoms with Crippen molar-refractivity contribution in [1.82, 2.24) is 9.80 Å². The lowest BCUT2D eigenvalue weighted by Gasteiger charge is -2.39. The summed E-state index contributed by atoms with van der Waals surface area (Å²) in [5.74, 6) is -0.321. The standard InChI is InChI=1S/C16H18N2O2/c1-2-10-17-11-6-5-9-14(17)18-15(19)12-7-3-4-8-13(12)16(18)20/h2-4,7-8,14H,1,5-6,9-11H2. The first-order chi connectivity index (χ1) is 9.74. The SMILES string of the molecule is C=CCN1CCCCC1N1C(=O)c2ccccc2C1=O. The Bertz CT molecular complexity index is 532. The number of rotatable bonds is 3. The van der Waals surface area contributed by atoms with E-state index in [0.29, 0.717) is 17.7 Å². The summed E-state index contributed by atoms with van der Waals surface area (Å²) >= 11 is 0.